The number of ether oxygens (including phenoxy) is 1. The van der Waals surface area contributed by atoms with Crippen molar-refractivity contribution >= 4 is 21.8 Å². The molecule has 0 spiro atoms. The van der Waals surface area contributed by atoms with Crippen molar-refractivity contribution in [2.24, 2.45) is 0 Å². The molecule has 1 atom stereocenters. The Morgan fingerprint density at radius 1 is 1.46 bits per heavy atom. The first-order valence-corrected chi connectivity index (χ1v) is 8.97. The standard InChI is InChI=1S/C14H19N3O6S/c1-2-23-14(18)15-11-6-5-9-16(10-11)24(21,22)13-8-4-3-7-12(13)17(19)20/h3-4,7-8,11H,2,5-6,9-10H2,1H3,(H,15,18)/t11-/m0/s1. The molecule has 0 aromatic heterocycles. The van der Waals surface area contributed by atoms with Gasteiger partial charge in [-0.05, 0) is 25.8 Å². The van der Waals surface area contributed by atoms with Crippen LogP contribution >= 0.6 is 0 Å². The normalized spacial score (nSPS) is 18.8. The molecule has 1 aliphatic heterocycles. The monoisotopic (exact) mass is 357 g/mol. The Balaban J connectivity index is 2.20. The van der Waals surface area contributed by atoms with Crippen LogP contribution in [0.2, 0.25) is 0 Å². The van der Waals surface area contributed by atoms with Gasteiger partial charge >= 0.3 is 6.09 Å². The number of amides is 1. The molecule has 0 aliphatic carbocycles. The van der Waals surface area contributed by atoms with Crippen molar-refractivity contribution in [1.29, 1.82) is 0 Å². The summed E-state index contributed by atoms with van der Waals surface area (Å²) in [5, 5.41) is 13.7. The van der Waals surface area contributed by atoms with E-state index in [1.54, 1.807) is 6.92 Å². The minimum absolute atomic E-state index is 0.0488. The van der Waals surface area contributed by atoms with E-state index in [0.717, 1.165) is 10.4 Å². The third-order valence-corrected chi connectivity index (χ3v) is 5.57. The molecule has 1 aromatic carbocycles. The summed E-state index contributed by atoms with van der Waals surface area (Å²) in [5.74, 6) is 0. The largest absolute Gasteiger partial charge is 0.450 e. The van der Waals surface area contributed by atoms with Gasteiger partial charge in [-0.25, -0.2) is 13.2 Å². The first-order chi connectivity index (χ1) is 11.4. The molecule has 10 heteroatoms. The Morgan fingerprint density at radius 2 is 2.17 bits per heavy atom. The first kappa shape index (κ1) is 18.1. The molecule has 1 aromatic rings. The first-order valence-electron chi connectivity index (χ1n) is 7.53. The highest BCUT2D eigenvalue weighted by atomic mass is 32.2. The molecule has 0 saturated carbocycles. The number of hydrogen-bond acceptors (Lipinski definition) is 6. The summed E-state index contributed by atoms with van der Waals surface area (Å²) in [6, 6.07) is 4.84. The Hall–Kier alpha value is -2.20. The maximum absolute atomic E-state index is 12.7. The van der Waals surface area contributed by atoms with Crippen molar-refractivity contribution in [1.82, 2.24) is 9.62 Å². The molecular formula is C14H19N3O6S. The molecule has 1 heterocycles. The summed E-state index contributed by atoms with van der Waals surface area (Å²) in [5.41, 5.74) is -0.460. The van der Waals surface area contributed by atoms with Crippen LogP contribution in [0.25, 0.3) is 0 Å². The molecular weight excluding hydrogens is 338 g/mol. The van der Waals surface area contributed by atoms with Crippen molar-refractivity contribution in [3.05, 3.63) is 34.4 Å². The average molecular weight is 357 g/mol. The lowest BCUT2D eigenvalue weighted by atomic mass is 10.1. The molecule has 1 fully saturated rings. The van der Waals surface area contributed by atoms with E-state index >= 15 is 0 Å². The van der Waals surface area contributed by atoms with Gasteiger partial charge in [0.1, 0.15) is 0 Å². The second-order valence-corrected chi connectivity index (χ2v) is 7.20. The molecule has 9 nitrogen and oxygen atoms in total. The van der Waals surface area contributed by atoms with Crippen LogP contribution in [-0.2, 0) is 14.8 Å². The zero-order chi connectivity index (χ0) is 17.7. The van der Waals surface area contributed by atoms with Crippen LogP contribution in [0.4, 0.5) is 10.5 Å². The van der Waals surface area contributed by atoms with E-state index in [-0.39, 0.29) is 24.6 Å². The van der Waals surface area contributed by atoms with Gasteiger partial charge in [-0.15, -0.1) is 0 Å². The number of hydrogen-bond donors (Lipinski definition) is 1. The quantitative estimate of drug-likeness (QED) is 0.630. The van der Waals surface area contributed by atoms with Crippen molar-refractivity contribution in [2.75, 3.05) is 19.7 Å². The third-order valence-electron chi connectivity index (χ3n) is 3.66. The van der Waals surface area contributed by atoms with Gasteiger partial charge in [0.05, 0.1) is 11.5 Å². The number of alkyl carbamates (subject to hydrolysis) is 1. The number of nitrogens with zero attached hydrogens (tertiary/aromatic N) is 2. The highest BCUT2D eigenvalue weighted by molar-refractivity contribution is 7.89. The topological polar surface area (TPSA) is 119 Å². The highest BCUT2D eigenvalue weighted by Crippen LogP contribution is 2.28. The van der Waals surface area contributed by atoms with Gasteiger partial charge in [0.2, 0.25) is 10.0 Å². The van der Waals surface area contributed by atoms with Crippen molar-refractivity contribution < 1.29 is 22.9 Å². The van der Waals surface area contributed by atoms with E-state index in [4.69, 9.17) is 4.74 Å². The second kappa shape index (κ2) is 7.58. The van der Waals surface area contributed by atoms with Crippen LogP contribution in [0.3, 0.4) is 0 Å². The van der Waals surface area contributed by atoms with Crippen molar-refractivity contribution in [3.63, 3.8) is 0 Å². The average Bonchev–Trinajstić information content (AvgIpc) is 2.55. The van der Waals surface area contributed by atoms with Crippen LogP contribution in [-0.4, -0.2) is 49.5 Å². The molecule has 1 aliphatic rings. The van der Waals surface area contributed by atoms with Crippen molar-refractivity contribution in [3.8, 4) is 0 Å². The van der Waals surface area contributed by atoms with Crippen LogP contribution in [0.1, 0.15) is 19.8 Å². The van der Waals surface area contributed by atoms with E-state index in [1.807, 2.05) is 0 Å². The molecule has 0 bridgehead atoms. The van der Waals surface area contributed by atoms with Gasteiger partial charge in [0.15, 0.2) is 4.90 Å². The molecule has 1 amide bonds. The van der Waals surface area contributed by atoms with E-state index in [9.17, 15) is 23.3 Å². The summed E-state index contributed by atoms with van der Waals surface area (Å²) in [6.07, 6.45) is 0.547. The van der Waals surface area contributed by atoms with Gasteiger partial charge in [0, 0.05) is 25.2 Å². The smallest absolute Gasteiger partial charge is 0.407 e. The molecule has 0 radical (unpaired) electrons. The lowest BCUT2D eigenvalue weighted by Gasteiger charge is -2.31. The number of rotatable bonds is 5. The molecule has 0 unspecified atom stereocenters. The Kier molecular flexibility index (Phi) is 5.73. The lowest BCUT2D eigenvalue weighted by molar-refractivity contribution is -0.387. The van der Waals surface area contributed by atoms with Crippen LogP contribution < -0.4 is 5.32 Å². The molecule has 1 saturated heterocycles. The minimum Gasteiger partial charge on any atom is -0.450 e. The van der Waals surface area contributed by atoms with E-state index in [0.29, 0.717) is 12.8 Å². The second-order valence-electron chi connectivity index (χ2n) is 5.29. The SMILES string of the molecule is CCOC(=O)N[C@H]1CCCN(S(=O)(=O)c2ccccc2[N+](=O)[O-])C1. The summed E-state index contributed by atoms with van der Waals surface area (Å²) in [4.78, 5) is 21.5. The van der Waals surface area contributed by atoms with E-state index in [1.165, 1.54) is 18.2 Å². The Bertz CT molecular complexity index is 721. The van der Waals surface area contributed by atoms with Crippen LogP contribution in [0, 0.1) is 10.1 Å². The number of nitro groups is 1. The van der Waals surface area contributed by atoms with Gasteiger partial charge in [-0.1, -0.05) is 12.1 Å². The summed E-state index contributed by atoms with van der Waals surface area (Å²) >= 11 is 0. The molecule has 24 heavy (non-hydrogen) atoms. The Morgan fingerprint density at radius 3 is 2.83 bits per heavy atom. The summed E-state index contributed by atoms with van der Waals surface area (Å²) in [7, 11) is -4.02. The highest BCUT2D eigenvalue weighted by Gasteiger charge is 2.35. The fraction of sp³-hybridized carbons (Fsp3) is 0.500. The zero-order valence-corrected chi connectivity index (χ0v) is 14.0. The van der Waals surface area contributed by atoms with Crippen LogP contribution in [0.5, 0.6) is 0 Å². The third kappa shape index (κ3) is 4.01. The van der Waals surface area contributed by atoms with Gasteiger partial charge < -0.3 is 10.1 Å². The van der Waals surface area contributed by atoms with Gasteiger partial charge in [-0.2, -0.15) is 4.31 Å². The maximum Gasteiger partial charge on any atom is 0.407 e. The van der Waals surface area contributed by atoms with Gasteiger partial charge in [-0.3, -0.25) is 10.1 Å². The van der Waals surface area contributed by atoms with E-state index < -0.39 is 32.8 Å². The number of piperidine rings is 1. The molecule has 1 N–H and O–H groups in total. The maximum atomic E-state index is 12.7. The fourth-order valence-corrected chi connectivity index (χ4v) is 4.26. The number of nitrogens with one attached hydrogen (secondary N) is 1. The number of nitro benzene ring substituents is 1. The number of benzene rings is 1. The van der Waals surface area contributed by atoms with Crippen LogP contribution in [0.15, 0.2) is 29.2 Å². The predicted octanol–water partition coefficient (Wildman–Crippen LogP) is 1.49. The number of para-hydroxylation sites is 1. The predicted molar refractivity (Wildman–Crippen MR) is 85.0 cm³/mol. The molecule has 2 rings (SSSR count). The fourth-order valence-electron chi connectivity index (χ4n) is 2.58. The minimum atomic E-state index is -4.02. The number of carbonyl (C=O) groups is 1. The zero-order valence-electron chi connectivity index (χ0n) is 13.2. The summed E-state index contributed by atoms with van der Waals surface area (Å²) in [6.45, 7) is 2.19. The number of carbonyl (C=O) groups excluding carboxylic acids is 1. The molecule has 132 valence electrons. The number of sulfonamides is 1. The Labute approximate surface area is 139 Å². The lowest BCUT2D eigenvalue weighted by Crippen LogP contribution is -2.49. The summed E-state index contributed by atoms with van der Waals surface area (Å²) < 4.78 is 31.4. The van der Waals surface area contributed by atoms with Gasteiger partial charge in [0.25, 0.3) is 5.69 Å². The van der Waals surface area contributed by atoms with E-state index in [2.05, 4.69) is 5.32 Å². The van der Waals surface area contributed by atoms with Crippen molar-refractivity contribution in [2.45, 2.75) is 30.7 Å².